The third-order valence-electron chi connectivity index (χ3n) is 2.71. The zero-order valence-corrected chi connectivity index (χ0v) is 8.83. The predicted molar refractivity (Wildman–Crippen MR) is 56.2 cm³/mol. The first-order valence-electron chi connectivity index (χ1n) is 5.50. The molecular formula is C11H21NO. The summed E-state index contributed by atoms with van der Waals surface area (Å²) in [6.07, 6.45) is 9.60. The molecule has 0 N–H and O–H groups in total. The molecule has 0 aromatic heterocycles. The lowest BCUT2D eigenvalue weighted by atomic mass is 9.96. The van der Waals surface area contributed by atoms with Crippen LogP contribution in [0.4, 0.5) is 0 Å². The van der Waals surface area contributed by atoms with Gasteiger partial charge < -0.3 is 4.74 Å². The van der Waals surface area contributed by atoms with Gasteiger partial charge in [-0.3, -0.25) is 4.99 Å². The molecule has 0 aromatic rings. The van der Waals surface area contributed by atoms with Crippen molar-refractivity contribution < 1.29 is 4.74 Å². The summed E-state index contributed by atoms with van der Waals surface area (Å²) >= 11 is 0. The van der Waals surface area contributed by atoms with Gasteiger partial charge in [0.15, 0.2) is 6.40 Å². The fourth-order valence-electron chi connectivity index (χ4n) is 1.55. The molecule has 1 aliphatic rings. The van der Waals surface area contributed by atoms with Crippen molar-refractivity contribution in [2.45, 2.75) is 64.5 Å². The number of nitrogens with zero attached hydrogens (tertiary/aromatic N) is 1. The van der Waals surface area contributed by atoms with Gasteiger partial charge in [-0.15, -0.1) is 0 Å². The van der Waals surface area contributed by atoms with Gasteiger partial charge in [0.2, 0.25) is 0 Å². The Hall–Kier alpha value is -0.530. The molecule has 1 rings (SSSR count). The SMILES string of the molecule is CCC(C)OC=NC1CCCCC1. The Bertz CT molecular complexity index is 150. The lowest BCUT2D eigenvalue weighted by Crippen LogP contribution is -2.11. The van der Waals surface area contributed by atoms with E-state index in [0.29, 0.717) is 12.1 Å². The molecular weight excluding hydrogens is 162 g/mol. The van der Waals surface area contributed by atoms with Crippen LogP contribution in [0.25, 0.3) is 0 Å². The molecule has 1 saturated carbocycles. The number of rotatable bonds is 4. The Balaban J connectivity index is 2.14. The monoisotopic (exact) mass is 183 g/mol. The van der Waals surface area contributed by atoms with Gasteiger partial charge in [0.25, 0.3) is 0 Å². The third kappa shape index (κ3) is 4.30. The average Bonchev–Trinajstić information content (AvgIpc) is 2.19. The normalized spacial score (nSPS) is 22.0. The molecule has 0 spiro atoms. The number of hydrogen-bond acceptors (Lipinski definition) is 2. The molecule has 0 radical (unpaired) electrons. The molecule has 76 valence electrons. The minimum Gasteiger partial charge on any atom is -0.481 e. The minimum atomic E-state index is 0.312. The Kier molecular flexibility index (Phi) is 4.87. The maximum Gasteiger partial charge on any atom is 0.170 e. The lowest BCUT2D eigenvalue weighted by Gasteiger charge is -2.17. The quantitative estimate of drug-likeness (QED) is 0.484. The van der Waals surface area contributed by atoms with Crippen molar-refractivity contribution in [3.8, 4) is 0 Å². The highest BCUT2D eigenvalue weighted by atomic mass is 16.5. The highest BCUT2D eigenvalue weighted by Crippen LogP contribution is 2.19. The molecule has 2 heteroatoms. The van der Waals surface area contributed by atoms with E-state index in [1.807, 2.05) is 0 Å². The fraction of sp³-hybridized carbons (Fsp3) is 0.909. The van der Waals surface area contributed by atoms with Crippen LogP contribution in [-0.4, -0.2) is 18.5 Å². The summed E-state index contributed by atoms with van der Waals surface area (Å²) in [6, 6.07) is 0.540. The van der Waals surface area contributed by atoms with Crippen LogP contribution >= 0.6 is 0 Å². The van der Waals surface area contributed by atoms with Crippen molar-refractivity contribution in [2.75, 3.05) is 0 Å². The summed E-state index contributed by atoms with van der Waals surface area (Å²) in [5.74, 6) is 0. The maximum atomic E-state index is 5.40. The van der Waals surface area contributed by atoms with Crippen molar-refractivity contribution in [1.82, 2.24) is 0 Å². The second kappa shape index (κ2) is 6.01. The van der Waals surface area contributed by atoms with Gasteiger partial charge in [0, 0.05) is 0 Å². The van der Waals surface area contributed by atoms with Crippen molar-refractivity contribution in [1.29, 1.82) is 0 Å². The Morgan fingerprint density at radius 2 is 2.08 bits per heavy atom. The largest absolute Gasteiger partial charge is 0.481 e. The van der Waals surface area contributed by atoms with E-state index in [0.717, 1.165) is 6.42 Å². The van der Waals surface area contributed by atoms with E-state index in [1.165, 1.54) is 32.1 Å². The van der Waals surface area contributed by atoms with Crippen molar-refractivity contribution >= 4 is 6.40 Å². The van der Waals surface area contributed by atoms with Crippen LogP contribution in [0.1, 0.15) is 52.4 Å². The molecule has 1 fully saturated rings. The predicted octanol–water partition coefficient (Wildman–Crippen LogP) is 3.16. The summed E-state index contributed by atoms with van der Waals surface area (Å²) in [4.78, 5) is 4.42. The second-order valence-corrected chi connectivity index (χ2v) is 3.90. The van der Waals surface area contributed by atoms with Crippen LogP contribution in [0.2, 0.25) is 0 Å². The Labute approximate surface area is 81.4 Å². The average molecular weight is 183 g/mol. The lowest BCUT2D eigenvalue weighted by molar-refractivity contribution is 0.213. The van der Waals surface area contributed by atoms with Crippen molar-refractivity contribution in [3.05, 3.63) is 0 Å². The van der Waals surface area contributed by atoms with E-state index in [-0.39, 0.29) is 0 Å². The Morgan fingerprint density at radius 1 is 1.38 bits per heavy atom. The van der Waals surface area contributed by atoms with E-state index < -0.39 is 0 Å². The molecule has 1 atom stereocenters. The molecule has 1 unspecified atom stereocenters. The third-order valence-corrected chi connectivity index (χ3v) is 2.71. The zero-order chi connectivity index (χ0) is 9.52. The number of hydrogen-bond donors (Lipinski definition) is 0. The van der Waals surface area contributed by atoms with Gasteiger partial charge in [-0.1, -0.05) is 26.2 Å². The smallest absolute Gasteiger partial charge is 0.170 e. The molecule has 0 heterocycles. The van der Waals surface area contributed by atoms with E-state index in [9.17, 15) is 0 Å². The summed E-state index contributed by atoms with van der Waals surface area (Å²) in [6.45, 7) is 4.20. The Morgan fingerprint density at radius 3 is 2.69 bits per heavy atom. The van der Waals surface area contributed by atoms with Crippen LogP contribution in [0, 0.1) is 0 Å². The summed E-state index contributed by atoms with van der Waals surface area (Å²) in [7, 11) is 0. The van der Waals surface area contributed by atoms with Crippen molar-refractivity contribution in [3.63, 3.8) is 0 Å². The van der Waals surface area contributed by atoms with Crippen LogP contribution in [-0.2, 0) is 4.74 Å². The molecule has 0 amide bonds. The van der Waals surface area contributed by atoms with Gasteiger partial charge in [0.1, 0.15) is 0 Å². The van der Waals surface area contributed by atoms with Crippen LogP contribution < -0.4 is 0 Å². The summed E-state index contributed by atoms with van der Waals surface area (Å²) in [5, 5.41) is 0. The highest BCUT2D eigenvalue weighted by molar-refractivity contribution is 5.46. The first-order valence-corrected chi connectivity index (χ1v) is 5.50. The first-order chi connectivity index (χ1) is 6.33. The van der Waals surface area contributed by atoms with Gasteiger partial charge in [-0.2, -0.15) is 0 Å². The fourth-order valence-corrected chi connectivity index (χ4v) is 1.55. The minimum absolute atomic E-state index is 0.312. The highest BCUT2D eigenvalue weighted by Gasteiger charge is 2.10. The topological polar surface area (TPSA) is 21.6 Å². The van der Waals surface area contributed by atoms with Crippen LogP contribution in [0.5, 0.6) is 0 Å². The van der Waals surface area contributed by atoms with Crippen molar-refractivity contribution in [2.24, 2.45) is 4.99 Å². The molecule has 0 bridgehead atoms. The summed E-state index contributed by atoms with van der Waals surface area (Å²) in [5.41, 5.74) is 0. The molecule has 2 nitrogen and oxygen atoms in total. The van der Waals surface area contributed by atoms with E-state index in [2.05, 4.69) is 18.8 Å². The van der Waals surface area contributed by atoms with E-state index in [1.54, 1.807) is 6.40 Å². The second-order valence-electron chi connectivity index (χ2n) is 3.90. The number of aliphatic imine (C=N–C) groups is 1. The van der Waals surface area contributed by atoms with Gasteiger partial charge in [-0.05, 0) is 26.2 Å². The molecule has 0 aliphatic heterocycles. The zero-order valence-electron chi connectivity index (χ0n) is 8.83. The maximum absolute atomic E-state index is 5.40. The van der Waals surface area contributed by atoms with Crippen LogP contribution in [0.3, 0.4) is 0 Å². The van der Waals surface area contributed by atoms with E-state index in [4.69, 9.17) is 4.74 Å². The first kappa shape index (κ1) is 10.6. The molecule has 13 heavy (non-hydrogen) atoms. The van der Waals surface area contributed by atoms with Gasteiger partial charge in [-0.25, -0.2) is 0 Å². The molecule has 0 saturated heterocycles. The number of ether oxygens (including phenoxy) is 1. The summed E-state index contributed by atoms with van der Waals surface area (Å²) < 4.78 is 5.40. The van der Waals surface area contributed by atoms with Gasteiger partial charge in [0.05, 0.1) is 12.1 Å². The molecule has 0 aromatic carbocycles. The van der Waals surface area contributed by atoms with E-state index >= 15 is 0 Å². The van der Waals surface area contributed by atoms with Gasteiger partial charge >= 0.3 is 0 Å². The molecule has 1 aliphatic carbocycles. The van der Waals surface area contributed by atoms with Crippen LogP contribution in [0.15, 0.2) is 4.99 Å². The standard InChI is InChI=1S/C11H21NO/c1-3-10(2)13-9-12-11-7-5-4-6-8-11/h9-11H,3-8H2,1-2H3.